The van der Waals surface area contributed by atoms with E-state index in [0.29, 0.717) is 0 Å². The Hall–Kier alpha value is -0.760. The Labute approximate surface area is 95.2 Å². The van der Waals surface area contributed by atoms with E-state index in [1.807, 2.05) is 11.3 Å². The van der Waals surface area contributed by atoms with Gasteiger partial charge in [-0.1, -0.05) is 6.58 Å². The molecule has 1 saturated carbocycles. The summed E-state index contributed by atoms with van der Waals surface area (Å²) in [6.45, 7) is 4.11. The van der Waals surface area contributed by atoms with Gasteiger partial charge >= 0.3 is 0 Å². The van der Waals surface area contributed by atoms with Crippen molar-refractivity contribution in [3.05, 3.63) is 28.8 Å². The molecule has 0 bridgehead atoms. The number of hydrogen-bond acceptors (Lipinski definition) is 2. The Balaban J connectivity index is 1.74. The van der Waals surface area contributed by atoms with Crippen LogP contribution >= 0.6 is 11.3 Å². The smallest absolute Gasteiger partial charge is 0.0929 e. The zero-order valence-corrected chi connectivity index (χ0v) is 9.83. The van der Waals surface area contributed by atoms with Gasteiger partial charge in [0.25, 0.3) is 0 Å². The molecule has 0 unspecified atom stereocenters. The van der Waals surface area contributed by atoms with Crippen LogP contribution < -0.4 is 5.32 Å². The van der Waals surface area contributed by atoms with Crippen molar-refractivity contribution in [2.45, 2.75) is 38.5 Å². The molecular weight excluding hydrogens is 202 g/mol. The van der Waals surface area contributed by atoms with Gasteiger partial charge in [0.05, 0.1) is 5.00 Å². The molecule has 0 aromatic carbocycles. The van der Waals surface area contributed by atoms with Crippen LogP contribution in [-0.2, 0) is 12.8 Å². The van der Waals surface area contributed by atoms with Crippen molar-refractivity contribution in [1.82, 2.24) is 0 Å². The predicted octanol–water partition coefficient (Wildman–Crippen LogP) is 3.96. The normalized spacial score (nSPS) is 19.7. The summed E-state index contributed by atoms with van der Waals surface area (Å²) in [7, 11) is 0. The van der Waals surface area contributed by atoms with Crippen molar-refractivity contribution in [1.29, 1.82) is 0 Å². The molecule has 0 atom stereocenters. The molecule has 2 heteroatoms. The van der Waals surface area contributed by atoms with Gasteiger partial charge in [0.1, 0.15) is 0 Å². The fourth-order valence-corrected chi connectivity index (χ4v) is 3.43. The molecule has 0 aliphatic heterocycles. The van der Waals surface area contributed by atoms with E-state index < -0.39 is 0 Å². The van der Waals surface area contributed by atoms with E-state index in [9.17, 15) is 0 Å². The van der Waals surface area contributed by atoms with Crippen LogP contribution in [0.5, 0.6) is 0 Å². The topological polar surface area (TPSA) is 12.0 Å². The van der Waals surface area contributed by atoms with Crippen molar-refractivity contribution in [3.8, 4) is 0 Å². The van der Waals surface area contributed by atoms with Crippen LogP contribution in [0.4, 0.5) is 5.00 Å². The molecular formula is C13H17NS. The van der Waals surface area contributed by atoms with E-state index in [4.69, 9.17) is 0 Å². The standard InChI is InChI=1S/C13H17NS/c1-9(10-6-7-10)14-13-8-11-4-2-3-5-12(11)15-13/h8,10,14H,1-7H2. The number of rotatable bonds is 3. The fraction of sp³-hybridized carbons (Fsp3) is 0.538. The van der Waals surface area contributed by atoms with E-state index >= 15 is 0 Å². The van der Waals surface area contributed by atoms with E-state index in [2.05, 4.69) is 18.0 Å². The van der Waals surface area contributed by atoms with Crippen LogP contribution in [0.15, 0.2) is 18.3 Å². The maximum atomic E-state index is 4.11. The highest BCUT2D eigenvalue weighted by atomic mass is 32.1. The van der Waals surface area contributed by atoms with Gasteiger partial charge in [0, 0.05) is 10.6 Å². The van der Waals surface area contributed by atoms with Gasteiger partial charge in [-0.15, -0.1) is 11.3 Å². The third kappa shape index (κ3) is 1.96. The SMILES string of the molecule is C=C(Nc1cc2c(s1)CCCC2)C1CC1. The zero-order valence-electron chi connectivity index (χ0n) is 9.01. The van der Waals surface area contributed by atoms with Crippen LogP contribution in [0, 0.1) is 5.92 Å². The summed E-state index contributed by atoms with van der Waals surface area (Å²) in [5.41, 5.74) is 2.81. The summed E-state index contributed by atoms with van der Waals surface area (Å²) in [6, 6.07) is 2.34. The molecule has 1 heterocycles. The average Bonchev–Trinajstić information content (AvgIpc) is 2.99. The minimum absolute atomic E-state index is 0.754. The lowest BCUT2D eigenvalue weighted by atomic mass is 10.00. The number of nitrogens with one attached hydrogen (secondary N) is 1. The molecule has 1 N–H and O–H groups in total. The molecule has 0 amide bonds. The van der Waals surface area contributed by atoms with E-state index in [1.54, 1.807) is 10.4 Å². The van der Waals surface area contributed by atoms with Crippen molar-refractivity contribution in [2.24, 2.45) is 5.92 Å². The first-order chi connectivity index (χ1) is 7.33. The Morgan fingerprint density at radius 3 is 2.87 bits per heavy atom. The molecule has 0 radical (unpaired) electrons. The highest BCUT2D eigenvalue weighted by Crippen LogP contribution is 2.38. The molecule has 2 aliphatic rings. The van der Waals surface area contributed by atoms with Crippen LogP contribution in [-0.4, -0.2) is 0 Å². The summed E-state index contributed by atoms with van der Waals surface area (Å²) in [5.74, 6) is 0.754. The molecule has 15 heavy (non-hydrogen) atoms. The lowest BCUT2D eigenvalue weighted by Gasteiger charge is -2.08. The summed E-state index contributed by atoms with van der Waals surface area (Å²) >= 11 is 1.94. The second-order valence-corrected chi connectivity index (χ2v) is 5.83. The second kappa shape index (κ2) is 3.67. The number of allylic oxidation sites excluding steroid dienone is 1. The summed E-state index contributed by atoms with van der Waals surface area (Å²) in [6.07, 6.45) is 7.97. The van der Waals surface area contributed by atoms with Crippen molar-refractivity contribution in [3.63, 3.8) is 0 Å². The van der Waals surface area contributed by atoms with E-state index in [0.717, 1.165) is 5.92 Å². The number of fused-ring (bicyclic) bond motifs is 1. The number of thiophene rings is 1. The number of aryl methyl sites for hydroxylation is 2. The van der Waals surface area contributed by atoms with Crippen LogP contribution in [0.25, 0.3) is 0 Å². The Morgan fingerprint density at radius 2 is 2.13 bits per heavy atom. The van der Waals surface area contributed by atoms with Gasteiger partial charge in [-0.05, 0) is 56.1 Å². The van der Waals surface area contributed by atoms with Gasteiger partial charge < -0.3 is 5.32 Å². The predicted molar refractivity (Wildman–Crippen MR) is 66.4 cm³/mol. The molecule has 1 aromatic rings. The third-order valence-corrected chi connectivity index (χ3v) is 4.50. The van der Waals surface area contributed by atoms with Crippen LogP contribution in [0.2, 0.25) is 0 Å². The first-order valence-corrected chi connectivity index (χ1v) is 6.72. The van der Waals surface area contributed by atoms with Gasteiger partial charge in [-0.25, -0.2) is 0 Å². The fourth-order valence-electron chi connectivity index (χ4n) is 2.24. The molecule has 1 fully saturated rings. The minimum atomic E-state index is 0.754. The second-order valence-electron chi connectivity index (χ2n) is 4.69. The molecule has 1 aromatic heterocycles. The number of anilines is 1. The first-order valence-electron chi connectivity index (χ1n) is 5.90. The Morgan fingerprint density at radius 1 is 1.33 bits per heavy atom. The number of hydrogen-bond donors (Lipinski definition) is 1. The van der Waals surface area contributed by atoms with Gasteiger partial charge in [0.2, 0.25) is 0 Å². The van der Waals surface area contributed by atoms with Gasteiger partial charge in [-0.3, -0.25) is 0 Å². The quantitative estimate of drug-likeness (QED) is 0.811. The largest absolute Gasteiger partial charge is 0.351 e. The average molecular weight is 219 g/mol. The molecule has 0 spiro atoms. The highest BCUT2D eigenvalue weighted by Gasteiger charge is 2.25. The van der Waals surface area contributed by atoms with Crippen molar-refractivity contribution in [2.75, 3.05) is 5.32 Å². The molecule has 3 rings (SSSR count). The maximum absolute atomic E-state index is 4.11. The highest BCUT2D eigenvalue weighted by molar-refractivity contribution is 7.16. The van der Waals surface area contributed by atoms with Gasteiger partial charge in [0.15, 0.2) is 0 Å². The van der Waals surface area contributed by atoms with Gasteiger partial charge in [-0.2, -0.15) is 0 Å². The molecule has 2 aliphatic carbocycles. The van der Waals surface area contributed by atoms with Crippen molar-refractivity contribution < 1.29 is 0 Å². The summed E-state index contributed by atoms with van der Waals surface area (Å²) < 4.78 is 0. The lowest BCUT2D eigenvalue weighted by molar-refractivity contribution is 0.697. The molecule has 1 nitrogen and oxygen atoms in total. The van der Waals surface area contributed by atoms with Crippen molar-refractivity contribution >= 4 is 16.3 Å². The maximum Gasteiger partial charge on any atom is 0.0929 e. The monoisotopic (exact) mass is 219 g/mol. The molecule has 0 saturated heterocycles. The molecule has 80 valence electrons. The Bertz CT molecular complexity index is 364. The van der Waals surface area contributed by atoms with E-state index in [-0.39, 0.29) is 0 Å². The third-order valence-electron chi connectivity index (χ3n) is 3.35. The van der Waals surface area contributed by atoms with Crippen LogP contribution in [0.1, 0.15) is 36.1 Å². The minimum Gasteiger partial charge on any atom is -0.351 e. The van der Waals surface area contributed by atoms with E-state index in [1.165, 1.54) is 49.2 Å². The zero-order chi connectivity index (χ0) is 10.3. The Kier molecular flexibility index (Phi) is 2.32. The summed E-state index contributed by atoms with van der Waals surface area (Å²) in [5, 5.41) is 4.80. The first kappa shape index (κ1) is 9.46. The lowest BCUT2D eigenvalue weighted by Crippen LogP contribution is -1.97. The summed E-state index contributed by atoms with van der Waals surface area (Å²) in [4.78, 5) is 1.60. The van der Waals surface area contributed by atoms with Crippen LogP contribution in [0.3, 0.4) is 0 Å².